The van der Waals surface area contributed by atoms with Crippen molar-refractivity contribution in [1.29, 1.82) is 0 Å². The third-order valence-electron chi connectivity index (χ3n) is 3.86. The van der Waals surface area contributed by atoms with Crippen molar-refractivity contribution < 1.29 is 14.8 Å². The Balaban J connectivity index is 1.49. The molecule has 3 rings (SSSR count). The number of hydrogen-bond acceptors (Lipinski definition) is 2. The largest absolute Gasteiger partial charge is 0.486 e. The molecule has 0 bridgehead atoms. The highest BCUT2D eigenvalue weighted by molar-refractivity contribution is 6.37. The molecule has 2 aromatic carbocycles. The summed E-state index contributed by atoms with van der Waals surface area (Å²) in [4.78, 5) is 0. The van der Waals surface area contributed by atoms with Crippen LogP contribution in [0.3, 0.4) is 0 Å². The zero-order chi connectivity index (χ0) is 14.5. The first-order valence-corrected chi connectivity index (χ1v) is 7.96. The smallest absolute Gasteiger partial charge is 0.138 e. The van der Waals surface area contributed by atoms with Gasteiger partial charge in [0.25, 0.3) is 0 Å². The number of nitrogens with two attached hydrogens (primary N) is 1. The highest BCUT2D eigenvalue weighted by Gasteiger charge is 2.16. The summed E-state index contributed by atoms with van der Waals surface area (Å²) < 4.78 is 11.4. The van der Waals surface area contributed by atoms with Gasteiger partial charge in [-0.15, -0.1) is 0 Å². The van der Waals surface area contributed by atoms with Crippen LogP contribution in [0, 0.1) is 0 Å². The second-order valence-electron chi connectivity index (χ2n) is 5.40. The Morgan fingerprint density at radius 1 is 1.24 bits per heavy atom. The molecule has 21 heavy (non-hydrogen) atoms. The molecule has 0 aromatic heterocycles. The van der Waals surface area contributed by atoms with E-state index in [-0.39, 0.29) is 0 Å². The predicted molar refractivity (Wildman–Crippen MR) is 85.1 cm³/mol. The molecule has 1 aliphatic rings. The van der Waals surface area contributed by atoms with Gasteiger partial charge < -0.3 is 14.8 Å². The van der Waals surface area contributed by atoms with Crippen molar-refractivity contribution in [2.75, 3.05) is 26.3 Å². The minimum atomic E-state index is 0.425. The minimum Gasteiger partial charge on any atom is -0.486 e. The molecule has 0 amide bonds. The number of fused-ring (bicyclic) bond motifs is 1. The maximum absolute atomic E-state index is 6.40. The van der Waals surface area contributed by atoms with Gasteiger partial charge in [-0.1, -0.05) is 41.9 Å². The number of halogens is 1. The molecule has 1 heterocycles. The standard InChI is InChI=1S/C17H20ClNO2/c18-17-15-6-2-1-4-13(15)7-8-16(17)21-11-9-19-12-14-5-3-10-20-14/h1-2,4,6-8,14,19H,3,5,9-12H2/p+1/t14-/m0/s1. The lowest BCUT2D eigenvalue weighted by atomic mass is 10.1. The van der Waals surface area contributed by atoms with Gasteiger partial charge in [0, 0.05) is 12.0 Å². The molecule has 0 aliphatic carbocycles. The molecule has 1 fully saturated rings. The van der Waals surface area contributed by atoms with E-state index in [0.29, 0.717) is 17.7 Å². The van der Waals surface area contributed by atoms with Crippen LogP contribution < -0.4 is 10.1 Å². The van der Waals surface area contributed by atoms with E-state index in [4.69, 9.17) is 21.1 Å². The first-order valence-electron chi connectivity index (χ1n) is 7.58. The van der Waals surface area contributed by atoms with Gasteiger partial charge in [0.05, 0.1) is 5.02 Å². The summed E-state index contributed by atoms with van der Waals surface area (Å²) in [6, 6.07) is 12.1. The van der Waals surface area contributed by atoms with Gasteiger partial charge in [0.1, 0.15) is 31.5 Å². The van der Waals surface area contributed by atoms with Crippen LogP contribution in [0.5, 0.6) is 5.75 Å². The highest BCUT2D eigenvalue weighted by atomic mass is 35.5. The Kier molecular flexibility index (Phi) is 4.96. The van der Waals surface area contributed by atoms with E-state index in [1.165, 1.54) is 12.8 Å². The quantitative estimate of drug-likeness (QED) is 0.833. The minimum absolute atomic E-state index is 0.425. The second kappa shape index (κ2) is 7.12. The number of ether oxygens (including phenoxy) is 2. The maximum Gasteiger partial charge on any atom is 0.138 e. The van der Waals surface area contributed by atoms with Crippen LogP contribution in [0.2, 0.25) is 5.02 Å². The van der Waals surface area contributed by atoms with Crippen molar-refractivity contribution in [3.63, 3.8) is 0 Å². The Morgan fingerprint density at radius 2 is 2.14 bits per heavy atom. The normalized spacial score (nSPS) is 18.2. The van der Waals surface area contributed by atoms with Gasteiger partial charge in [-0.3, -0.25) is 0 Å². The third-order valence-corrected chi connectivity index (χ3v) is 4.25. The molecule has 2 N–H and O–H groups in total. The molecule has 1 atom stereocenters. The van der Waals surface area contributed by atoms with E-state index in [1.807, 2.05) is 30.3 Å². The van der Waals surface area contributed by atoms with Crippen LogP contribution in [0.15, 0.2) is 36.4 Å². The lowest BCUT2D eigenvalue weighted by Gasteiger charge is -2.11. The van der Waals surface area contributed by atoms with E-state index in [0.717, 1.165) is 36.2 Å². The van der Waals surface area contributed by atoms with Crippen LogP contribution in [0.25, 0.3) is 10.8 Å². The van der Waals surface area contributed by atoms with Gasteiger partial charge in [0.15, 0.2) is 0 Å². The Morgan fingerprint density at radius 3 is 3.00 bits per heavy atom. The number of quaternary nitrogens is 1. The Hall–Kier alpha value is -1.29. The molecule has 0 unspecified atom stereocenters. The molecular weight excluding hydrogens is 286 g/mol. The third kappa shape index (κ3) is 3.67. The van der Waals surface area contributed by atoms with Crippen LogP contribution in [0.4, 0.5) is 0 Å². The molecule has 112 valence electrons. The molecule has 2 aromatic rings. The molecule has 0 saturated carbocycles. The van der Waals surface area contributed by atoms with Gasteiger partial charge in [-0.25, -0.2) is 0 Å². The van der Waals surface area contributed by atoms with Gasteiger partial charge in [-0.05, 0) is 24.3 Å². The van der Waals surface area contributed by atoms with Crippen LogP contribution in [-0.4, -0.2) is 32.4 Å². The lowest BCUT2D eigenvalue weighted by Crippen LogP contribution is -2.87. The Labute approximate surface area is 130 Å². The second-order valence-corrected chi connectivity index (χ2v) is 5.77. The maximum atomic E-state index is 6.40. The average Bonchev–Trinajstić information content (AvgIpc) is 3.03. The van der Waals surface area contributed by atoms with Crippen molar-refractivity contribution in [2.45, 2.75) is 18.9 Å². The SMILES string of the molecule is Clc1c(OCC[NH2+]C[C@@H]2CCCO2)ccc2ccccc12. The first-order chi connectivity index (χ1) is 10.3. The van der Waals surface area contributed by atoms with Crippen molar-refractivity contribution in [3.8, 4) is 5.75 Å². The van der Waals surface area contributed by atoms with Crippen LogP contribution in [-0.2, 0) is 4.74 Å². The number of benzene rings is 2. The summed E-state index contributed by atoms with van der Waals surface area (Å²) in [5.74, 6) is 0.765. The van der Waals surface area contributed by atoms with Gasteiger partial charge in [-0.2, -0.15) is 0 Å². The van der Waals surface area contributed by atoms with Crippen LogP contribution >= 0.6 is 11.6 Å². The fraction of sp³-hybridized carbons (Fsp3) is 0.412. The van der Waals surface area contributed by atoms with E-state index in [2.05, 4.69) is 11.4 Å². The topological polar surface area (TPSA) is 35.1 Å². The fourth-order valence-electron chi connectivity index (χ4n) is 2.71. The Bertz CT molecular complexity index is 596. The number of rotatable bonds is 6. The van der Waals surface area contributed by atoms with Crippen molar-refractivity contribution in [2.24, 2.45) is 0 Å². The molecule has 1 aliphatic heterocycles. The van der Waals surface area contributed by atoms with Crippen molar-refractivity contribution in [1.82, 2.24) is 0 Å². The van der Waals surface area contributed by atoms with Gasteiger partial charge >= 0.3 is 0 Å². The summed E-state index contributed by atoms with van der Waals surface area (Å²) in [6.45, 7) is 3.52. The highest BCUT2D eigenvalue weighted by Crippen LogP contribution is 2.32. The van der Waals surface area contributed by atoms with E-state index in [1.54, 1.807) is 0 Å². The lowest BCUT2D eigenvalue weighted by molar-refractivity contribution is -0.661. The van der Waals surface area contributed by atoms with E-state index in [9.17, 15) is 0 Å². The number of hydrogen-bond donors (Lipinski definition) is 1. The molecule has 4 heteroatoms. The van der Waals surface area contributed by atoms with E-state index < -0.39 is 0 Å². The monoisotopic (exact) mass is 306 g/mol. The molecule has 0 spiro atoms. The summed E-state index contributed by atoms with van der Waals surface area (Å²) in [7, 11) is 0. The zero-order valence-corrected chi connectivity index (χ0v) is 12.8. The molecular formula is C17H21ClNO2+. The van der Waals surface area contributed by atoms with Gasteiger partial charge in [0.2, 0.25) is 0 Å². The molecule has 0 radical (unpaired) electrons. The summed E-state index contributed by atoms with van der Waals surface area (Å²) in [6.07, 6.45) is 2.81. The summed E-state index contributed by atoms with van der Waals surface area (Å²) in [5, 5.41) is 5.14. The molecule has 3 nitrogen and oxygen atoms in total. The van der Waals surface area contributed by atoms with Crippen molar-refractivity contribution in [3.05, 3.63) is 41.4 Å². The summed E-state index contributed by atoms with van der Waals surface area (Å²) in [5.41, 5.74) is 0. The van der Waals surface area contributed by atoms with Crippen LogP contribution in [0.1, 0.15) is 12.8 Å². The first kappa shape index (κ1) is 14.6. The molecule has 1 saturated heterocycles. The van der Waals surface area contributed by atoms with Crippen molar-refractivity contribution >= 4 is 22.4 Å². The van der Waals surface area contributed by atoms with E-state index >= 15 is 0 Å². The average molecular weight is 307 g/mol. The summed E-state index contributed by atoms with van der Waals surface area (Å²) >= 11 is 6.40. The zero-order valence-electron chi connectivity index (χ0n) is 12.1. The fourth-order valence-corrected chi connectivity index (χ4v) is 3.00. The predicted octanol–water partition coefficient (Wildman–Crippen LogP) is 2.61.